The number of carboxylic acids is 1. The smallest absolute Gasteiger partial charge is 0.348 e. The van der Waals surface area contributed by atoms with Crippen molar-refractivity contribution in [2.24, 2.45) is 0 Å². The summed E-state index contributed by atoms with van der Waals surface area (Å²) >= 11 is 2.26. The number of anilines is 1. The highest BCUT2D eigenvalue weighted by Gasteiger charge is 2.20. The van der Waals surface area contributed by atoms with Crippen LogP contribution in [0.4, 0.5) is 11.4 Å². The number of amides is 1. The third-order valence-corrected chi connectivity index (χ3v) is 5.65. The predicted molar refractivity (Wildman–Crippen MR) is 100 cm³/mol. The number of aromatic carboxylic acids is 1. The minimum Gasteiger partial charge on any atom is -0.477 e. The van der Waals surface area contributed by atoms with E-state index in [1.807, 2.05) is 6.92 Å². The van der Waals surface area contributed by atoms with Crippen molar-refractivity contribution in [1.29, 1.82) is 0 Å². The van der Waals surface area contributed by atoms with Gasteiger partial charge in [-0.05, 0) is 30.7 Å². The van der Waals surface area contributed by atoms with Gasteiger partial charge in [-0.1, -0.05) is 12.1 Å². The lowest BCUT2D eigenvalue weighted by atomic mass is 10.1. The van der Waals surface area contributed by atoms with Crippen LogP contribution in [0.3, 0.4) is 0 Å². The second-order valence-corrected chi connectivity index (χ2v) is 7.67. The van der Waals surface area contributed by atoms with Crippen LogP contribution in [0.2, 0.25) is 0 Å². The van der Waals surface area contributed by atoms with Crippen molar-refractivity contribution in [3.63, 3.8) is 0 Å². The molecule has 1 aromatic carbocycles. The Balaban J connectivity index is 1.96. The fraction of sp³-hybridized carbons (Fsp3) is 0.0588. The normalized spacial score (nSPS) is 10.5. The van der Waals surface area contributed by atoms with E-state index in [2.05, 4.69) is 5.32 Å². The number of carbonyl (C=O) groups is 2. The van der Waals surface area contributed by atoms with Gasteiger partial charge in [-0.3, -0.25) is 14.9 Å². The number of hydrogen-bond acceptors (Lipinski definition) is 6. The molecule has 0 spiro atoms. The number of non-ortho nitro benzene ring substituents is 1. The fourth-order valence-corrected chi connectivity index (χ4v) is 4.01. The predicted octanol–water partition coefficient (Wildman–Crippen LogP) is 4.64. The first-order chi connectivity index (χ1) is 12.3. The molecule has 0 atom stereocenters. The zero-order valence-corrected chi connectivity index (χ0v) is 15.0. The number of carbonyl (C=O) groups excluding carboxylic acids is 1. The molecule has 0 bridgehead atoms. The van der Waals surface area contributed by atoms with Gasteiger partial charge in [0.25, 0.3) is 11.6 Å². The summed E-state index contributed by atoms with van der Waals surface area (Å²) in [6.45, 7) is 1.87. The summed E-state index contributed by atoms with van der Waals surface area (Å²) in [5, 5.41) is 23.0. The summed E-state index contributed by atoms with van der Waals surface area (Å²) in [4.78, 5) is 36.2. The first kappa shape index (κ1) is 17.8. The Morgan fingerprint density at radius 1 is 1.15 bits per heavy atom. The van der Waals surface area contributed by atoms with Crippen LogP contribution in [-0.2, 0) is 0 Å². The van der Waals surface area contributed by atoms with Crippen LogP contribution in [0, 0.1) is 17.0 Å². The van der Waals surface area contributed by atoms with Crippen LogP contribution in [-0.4, -0.2) is 21.9 Å². The third kappa shape index (κ3) is 3.63. The van der Waals surface area contributed by atoms with Gasteiger partial charge in [-0.15, -0.1) is 22.7 Å². The van der Waals surface area contributed by atoms with E-state index in [-0.39, 0.29) is 16.3 Å². The summed E-state index contributed by atoms with van der Waals surface area (Å²) in [6, 6.07) is 10.9. The Hall–Kier alpha value is -3.04. The van der Waals surface area contributed by atoms with E-state index in [4.69, 9.17) is 0 Å². The third-order valence-electron chi connectivity index (χ3n) is 3.48. The van der Waals surface area contributed by atoms with Gasteiger partial charge in [0.15, 0.2) is 0 Å². The largest absolute Gasteiger partial charge is 0.477 e. The second-order valence-electron chi connectivity index (χ2n) is 5.33. The van der Waals surface area contributed by atoms with Gasteiger partial charge in [-0.2, -0.15) is 0 Å². The maximum atomic E-state index is 12.3. The van der Waals surface area contributed by atoms with E-state index in [0.29, 0.717) is 15.3 Å². The van der Waals surface area contributed by atoms with Crippen LogP contribution < -0.4 is 5.32 Å². The topological polar surface area (TPSA) is 110 Å². The van der Waals surface area contributed by atoms with Crippen molar-refractivity contribution in [2.45, 2.75) is 6.92 Å². The Morgan fingerprint density at radius 2 is 1.92 bits per heavy atom. The average molecular weight is 388 g/mol. The summed E-state index contributed by atoms with van der Waals surface area (Å²) in [5.41, 5.74) is 0.589. The standard InChI is InChI=1S/C17H12N2O5S2/c1-9-5-6-13(25-9)16(20)18-12-8-14(26-15(12)17(21)22)10-3-2-4-11(7-10)19(23)24/h2-8H,1H3,(H,18,20)(H,21,22). The SMILES string of the molecule is Cc1ccc(C(=O)Nc2cc(-c3cccc([N+](=O)[O-])c3)sc2C(=O)O)s1. The van der Waals surface area contributed by atoms with Crippen LogP contribution >= 0.6 is 22.7 Å². The fourth-order valence-electron chi connectivity index (χ4n) is 2.30. The maximum absolute atomic E-state index is 12.3. The van der Waals surface area contributed by atoms with E-state index in [0.717, 1.165) is 16.2 Å². The number of nitrogens with one attached hydrogen (secondary N) is 1. The van der Waals surface area contributed by atoms with E-state index in [9.17, 15) is 24.8 Å². The molecule has 3 rings (SSSR count). The minimum absolute atomic E-state index is 0.0341. The molecule has 0 saturated carbocycles. The summed E-state index contributed by atoms with van der Waals surface area (Å²) in [7, 11) is 0. The number of nitro groups is 1. The number of hydrogen-bond donors (Lipinski definition) is 2. The molecule has 9 heteroatoms. The monoisotopic (exact) mass is 388 g/mol. The van der Waals surface area contributed by atoms with Crippen molar-refractivity contribution in [3.8, 4) is 10.4 Å². The van der Waals surface area contributed by atoms with Gasteiger partial charge in [0.05, 0.1) is 15.5 Å². The molecule has 0 aliphatic heterocycles. The van der Waals surface area contributed by atoms with E-state index < -0.39 is 16.8 Å². The highest BCUT2D eigenvalue weighted by atomic mass is 32.1. The zero-order chi connectivity index (χ0) is 18.8. The molecule has 3 aromatic rings. The lowest BCUT2D eigenvalue weighted by Crippen LogP contribution is -2.11. The van der Waals surface area contributed by atoms with Gasteiger partial charge in [0.1, 0.15) is 4.88 Å². The van der Waals surface area contributed by atoms with Gasteiger partial charge in [-0.25, -0.2) is 4.79 Å². The van der Waals surface area contributed by atoms with Gasteiger partial charge >= 0.3 is 5.97 Å². The molecule has 1 amide bonds. The molecule has 2 N–H and O–H groups in total. The summed E-state index contributed by atoms with van der Waals surface area (Å²) < 4.78 is 0. The molecule has 7 nitrogen and oxygen atoms in total. The number of nitro benzene ring substituents is 1. The molecule has 0 radical (unpaired) electrons. The van der Waals surface area contributed by atoms with Crippen molar-refractivity contribution >= 4 is 45.9 Å². The molecule has 0 aliphatic rings. The van der Waals surface area contributed by atoms with Gasteiger partial charge < -0.3 is 10.4 Å². The Labute approximate surface area is 155 Å². The van der Waals surface area contributed by atoms with Crippen molar-refractivity contribution < 1.29 is 19.6 Å². The lowest BCUT2D eigenvalue weighted by Gasteiger charge is -2.02. The van der Waals surface area contributed by atoms with Crippen molar-refractivity contribution in [3.05, 3.63) is 67.2 Å². The first-order valence-electron chi connectivity index (χ1n) is 7.35. The summed E-state index contributed by atoms with van der Waals surface area (Å²) in [5.74, 6) is -1.57. The minimum atomic E-state index is -1.18. The Bertz CT molecular complexity index is 1020. The van der Waals surface area contributed by atoms with Crippen LogP contribution in [0.5, 0.6) is 0 Å². The summed E-state index contributed by atoms with van der Waals surface area (Å²) in [6.07, 6.45) is 0. The first-order valence-corrected chi connectivity index (χ1v) is 8.98. The highest BCUT2D eigenvalue weighted by molar-refractivity contribution is 7.18. The molecule has 0 saturated heterocycles. The number of thiophene rings is 2. The molecule has 2 aromatic heterocycles. The molecule has 26 heavy (non-hydrogen) atoms. The molecular formula is C17H12N2O5S2. The second kappa shape index (κ2) is 7.06. The molecule has 0 unspecified atom stereocenters. The number of carboxylic acid groups (broad SMARTS) is 1. The van der Waals surface area contributed by atoms with E-state index in [1.165, 1.54) is 35.6 Å². The van der Waals surface area contributed by atoms with Gasteiger partial charge in [0, 0.05) is 21.9 Å². The number of nitrogens with zero attached hydrogens (tertiary/aromatic N) is 1. The average Bonchev–Trinajstić information content (AvgIpc) is 3.21. The Morgan fingerprint density at radius 3 is 2.54 bits per heavy atom. The zero-order valence-electron chi connectivity index (χ0n) is 13.4. The van der Waals surface area contributed by atoms with E-state index >= 15 is 0 Å². The van der Waals surface area contributed by atoms with Crippen LogP contribution in [0.1, 0.15) is 24.2 Å². The highest BCUT2D eigenvalue weighted by Crippen LogP contribution is 2.36. The van der Waals surface area contributed by atoms with Crippen molar-refractivity contribution in [1.82, 2.24) is 0 Å². The molecule has 2 heterocycles. The van der Waals surface area contributed by atoms with E-state index in [1.54, 1.807) is 18.2 Å². The number of benzene rings is 1. The number of aryl methyl sites for hydroxylation is 1. The van der Waals surface area contributed by atoms with Crippen molar-refractivity contribution in [2.75, 3.05) is 5.32 Å². The van der Waals surface area contributed by atoms with Crippen LogP contribution in [0.15, 0.2) is 42.5 Å². The quantitative estimate of drug-likeness (QED) is 0.489. The van der Waals surface area contributed by atoms with Crippen LogP contribution in [0.25, 0.3) is 10.4 Å². The maximum Gasteiger partial charge on any atom is 0.348 e. The molecule has 0 aliphatic carbocycles. The Kier molecular flexibility index (Phi) is 4.83. The number of rotatable bonds is 5. The van der Waals surface area contributed by atoms with Gasteiger partial charge in [0.2, 0.25) is 0 Å². The molecule has 132 valence electrons. The molecular weight excluding hydrogens is 376 g/mol. The molecule has 0 fully saturated rings. The lowest BCUT2D eigenvalue weighted by molar-refractivity contribution is -0.384.